The summed E-state index contributed by atoms with van der Waals surface area (Å²) in [5.74, 6) is -0.573. The fourth-order valence-corrected chi connectivity index (χ4v) is 5.72. The molecule has 0 aromatic heterocycles. The maximum Gasteiger partial charge on any atom is 0.244 e. The summed E-state index contributed by atoms with van der Waals surface area (Å²) in [6.07, 6.45) is 3.76. The number of hydrogen-bond donors (Lipinski definition) is 4. The van der Waals surface area contributed by atoms with Crippen LogP contribution in [0.25, 0.3) is 0 Å². The van der Waals surface area contributed by atoms with Crippen molar-refractivity contribution in [3.05, 3.63) is 35.9 Å². The van der Waals surface area contributed by atoms with Gasteiger partial charge in [-0.05, 0) is 57.4 Å². The minimum atomic E-state index is -3.57. The smallest absolute Gasteiger partial charge is 0.244 e. The zero-order valence-electron chi connectivity index (χ0n) is 22.9. The summed E-state index contributed by atoms with van der Waals surface area (Å²) in [7, 11) is -3.57. The standard InChI is InChI=1S/C26H44N4O5S2/c1-18(2)16-30(37(6,34)35)17-22(31)21(15-19-11-8-7-9-12-19)28-25(33)23(26(3,4)36-5)29-24(32)20-13-10-14-27-20/h7-9,11-12,18,20-23,27,31H,10,13-17H2,1-6H3,(H,28,33)(H,29,32)/t20-,21-,22+,23+/m0/s1. The lowest BCUT2D eigenvalue weighted by molar-refractivity contribution is -0.131. The number of nitrogens with zero attached hydrogens (tertiary/aromatic N) is 1. The molecule has 1 aromatic rings. The molecule has 1 aliphatic rings. The molecule has 0 spiro atoms. The van der Waals surface area contributed by atoms with Gasteiger partial charge < -0.3 is 21.1 Å². The molecule has 0 bridgehead atoms. The van der Waals surface area contributed by atoms with Gasteiger partial charge in [0.05, 0.1) is 24.4 Å². The maximum atomic E-state index is 13.7. The van der Waals surface area contributed by atoms with Crippen molar-refractivity contribution in [2.45, 2.75) is 75.9 Å². The lowest BCUT2D eigenvalue weighted by Gasteiger charge is -2.35. The molecule has 0 aliphatic carbocycles. The minimum Gasteiger partial charge on any atom is -0.390 e. The summed E-state index contributed by atoms with van der Waals surface area (Å²) in [5, 5.41) is 20.3. The first-order chi connectivity index (χ1) is 17.2. The second-order valence-corrected chi connectivity index (χ2v) is 14.2. The van der Waals surface area contributed by atoms with Gasteiger partial charge in [-0.25, -0.2) is 8.42 Å². The molecule has 1 aliphatic heterocycles. The Bertz CT molecular complexity index is 982. The third-order valence-corrected chi connectivity index (χ3v) is 9.19. The quantitative estimate of drug-likeness (QED) is 0.273. The first kappa shape index (κ1) is 31.6. The highest BCUT2D eigenvalue weighted by Gasteiger charge is 2.39. The van der Waals surface area contributed by atoms with E-state index in [9.17, 15) is 23.1 Å². The molecule has 1 aromatic carbocycles. The summed E-state index contributed by atoms with van der Waals surface area (Å²) in [6, 6.07) is 7.45. The third-order valence-electron chi connectivity index (χ3n) is 6.67. The molecule has 0 saturated carbocycles. The Morgan fingerprint density at radius 2 is 1.84 bits per heavy atom. The highest BCUT2D eigenvalue weighted by Crippen LogP contribution is 2.26. The van der Waals surface area contributed by atoms with Gasteiger partial charge in [0.15, 0.2) is 0 Å². The van der Waals surface area contributed by atoms with E-state index in [0.717, 1.165) is 24.8 Å². The predicted molar refractivity (Wildman–Crippen MR) is 150 cm³/mol. The molecular weight excluding hydrogens is 512 g/mol. The average molecular weight is 557 g/mol. The van der Waals surface area contributed by atoms with Crippen molar-refractivity contribution in [3.63, 3.8) is 0 Å². The van der Waals surface area contributed by atoms with Gasteiger partial charge in [0.25, 0.3) is 0 Å². The van der Waals surface area contributed by atoms with Crippen LogP contribution in [0.3, 0.4) is 0 Å². The number of amides is 2. The van der Waals surface area contributed by atoms with Crippen LogP contribution in [-0.4, -0.2) is 90.8 Å². The van der Waals surface area contributed by atoms with Crippen LogP contribution < -0.4 is 16.0 Å². The van der Waals surface area contributed by atoms with Crippen molar-refractivity contribution in [1.82, 2.24) is 20.3 Å². The van der Waals surface area contributed by atoms with Crippen molar-refractivity contribution in [1.29, 1.82) is 0 Å². The lowest BCUT2D eigenvalue weighted by Crippen LogP contribution is -2.62. The van der Waals surface area contributed by atoms with Gasteiger partial charge in [0.1, 0.15) is 6.04 Å². The van der Waals surface area contributed by atoms with Gasteiger partial charge >= 0.3 is 0 Å². The van der Waals surface area contributed by atoms with Gasteiger partial charge in [-0.2, -0.15) is 16.1 Å². The topological polar surface area (TPSA) is 128 Å². The van der Waals surface area contributed by atoms with Crippen LogP contribution >= 0.6 is 11.8 Å². The molecule has 0 unspecified atom stereocenters. The Morgan fingerprint density at radius 1 is 1.19 bits per heavy atom. The van der Waals surface area contributed by atoms with Crippen LogP contribution in [-0.2, 0) is 26.0 Å². The molecule has 4 N–H and O–H groups in total. The van der Waals surface area contributed by atoms with Gasteiger partial charge in [0, 0.05) is 17.8 Å². The Kier molecular flexibility index (Phi) is 11.9. The Balaban J connectivity index is 2.30. The normalized spacial score (nSPS) is 19.0. The molecule has 37 heavy (non-hydrogen) atoms. The first-order valence-corrected chi connectivity index (χ1v) is 15.9. The third kappa shape index (κ3) is 9.86. The van der Waals surface area contributed by atoms with Crippen molar-refractivity contribution in [2.24, 2.45) is 5.92 Å². The summed E-state index contributed by atoms with van der Waals surface area (Å²) in [4.78, 5) is 26.6. The SMILES string of the molecule is CSC(C)(C)[C@H](NC(=O)[C@@H]1CCCN1)C(=O)N[C@@H](Cc1ccccc1)[C@H](O)CN(CC(C)C)S(C)(=O)=O. The predicted octanol–water partition coefficient (Wildman–Crippen LogP) is 1.37. The molecule has 2 rings (SSSR count). The van der Waals surface area contributed by atoms with Crippen LogP contribution in [0.1, 0.15) is 46.1 Å². The van der Waals surface area contributed by atoms with Gasteiger partial charge in [-0.3, -0.25) is 9.59 Å². The van der Waals surface area contributed by atoms with E-state index in [4.69, 9.17) is 0 Å². The summed E-state index contributed by atoms with van der Waals surface area (Å²) in [5.41, 5.74) is 0.890. The molecule has 2 amide bonds. The Hall–Kier alpha value is -1.66. The highest BCUT2D eigenvalue weighted by molar-refractivity contribution is 8.00. The van der Waals surface area contributed by atoms with Crippen molar-refractivity contribution in [2.75, 3.05) is 32.1 Å². The fourth-order valence-electron chi connectivity index (χ4n) is 4.33. The van der Waals surface area contributed by atoms with Crippen LogP contribution in [0.15, 0.2) is 30.3 Å². The van der Waals surface area contributed by atoms with Gasteiger partial charge in [0.2, 0.25) is 21.8 Å². The number of nitrogens with one attached hydrogen (secondary N) is 3. The number of aliphatic hydroxyl groups is 1. The number of benzene rings is 1. The van der Waals surface area contributed by atoms with Gasteiger partial charge in [-0.1, -0.05) is 44.2 Å². The number of hydrogen-bond acceptors (Lipinski definition) is 7. The van der Waals surface area contributed by atoms with Crippen molar-refractivity contribution < 1.29 is 23.1 Å². The average Bonchev–Trinajstić information content (AvgIpc) is 3.36. The fraction of sp³-hybridized carbons (Fsp3) is 0.692. The molecule has 210 valence electrons. The second-order valence-electron chi connectivity index (χ2n) is 10.7. The Labute approximate surface area is 226 Å². The highest BCUT2D eigenvalue weighted by atomic mass is 32.2. The monoisotopic (exact) mass is 556 g/mol. The zero-order valence-corrected chi connectivity index (χ0v) is 24.5. The minimum absolute atomic E-state index is 0.0651. The van der Waals surface area contributed by atoms with E-state index < -0.39 is 38.9 Å². The number of carbonyl (C=O) groups is 2. The summed E-state index contributed by atoms with van der Waals surface area (Å²) < 4.78 is 25.4. The Morgan fingerprint density at radius 3 is 2.35 bits per heavy atom. The number of rotatable bonds is 14. The molecular formula is C26H44N4O5S2. The molecule has 0 radical (unpaired) electrons. The molecule has 4 atom stereocenters. The van der Waals surface area contributed by atoms with Crippen molar-refractivity contribution in [3.8, 4) is 0 Å². The van der Waals surface area contributed by atoms with E-state index >= 15 is 0 Å². The molecule has 1 saturated heterocycles. The number of carbonyl (C=O) groups excluding carboxylic acids is 2. The molecule has 1 heterocycles. The molecule has 1 fully saturated rings. The van der Waals surface area contributed by atoms with E-state index in [0.29, 0.717) is 12.8 Å². The van der Waals surface area contributed by atoms with Crippen LogP contribution in [0.2, 0.25) is 0 Å². The van der Waals surface area contributed by atoms with Crippen LogP contribution in [0, 0.1) is 5.92 Å². The van der Waals surface area contributed by atoms with E-state index in [1.807, 2.05) is 64.3 Å². The number of thioether (sulfide) groups is 1. The lowest BCUT2D eigenvalue weighted by atomic mass is 9.97. The first-order valence-electron chi connectivity index (χ1n) is 12.8. The summed E-state index contributed by atoms with van der Waals surface area (Å²) >= 11 is 1.46. The number of aliphatic hydroxyl groups excluding tert-OH is 1. The van der Waals surface area contributed by atoms with Crippen molar-refractivity contribution >= 4 is 33.6 Å². The van der Waals surface area contributed by atoms with Crippen LogP contribution in [0.5, 0.6) is 0 Å². The molecule has 11 heteroatoms. The van der Waals surface area contributed by atoms with E-state index in [1.165, 1.54) is 16.1 Å². The van der Waals surface area contributed by atoms with Gasteiger partial charge in [-0.15, -0.1) is 0 Å². The number of sulfonamides is 1. The largest absolute Gasteiger partial charge is 0.390 e. The van der Waals surface area contributed by atoms with E-state index in [-0.39, 0.29) is 31.0 Å². The summed E-state index contributed by atoms with van der Waals surface area (Å²) in [6.45, 7) is 8.47. The maximum absolute atomic E-state index is 13.7. The van der Waals surface area contributed by atoms with E-state index in [1.54, 1.807) is 0 Å². The second kappa shape index (κ2) is 13.9. The van der Waals surface area contributed by atoms with Crippen LogP contribution in [0.4, 0.5) is 0 Å². The zero-order chi connectivity index (χ0) is 27.8. The van der Waals surface area contributed by atoms with E-state index in [2.05, 4.69) is 16.0 Å². The molecule has 9 nitrogen and oxygen atoms in total.